The third-order valence-electron chi connectivity index (χ3n) is 4.41. The van der Waals surface area contributed by atoms with E-state index < -0.39 is 0 Å². The van der Waals surface area contributed by atoms with Gasteiger partial charge >= 0.3 is 0 Å². The number of amides is 1. The summed E-state index contributed by atoms with van der Waals surface area (Å²) in [5.74, 6) is -0.0824. The maximum Gasteiger partial charge on any atom is 0.255 e. The van der Waals surface area contributed by atoms with Gasteiger partial charge < -0.3 is 10.6 Å². The molecule has 6 heteroatoms. The molecule has 5 nitrogen and oxygen atoms in total. The summed E-state index contributed by atoms with van der Waals surface area (Å²) in [6, 6.07) is 18.2. The minimum Gasteiger partial charge on any atom is -0.352 e. The molecule has 3 aromatic rings. The molecule has 28 heavy (non-hydrogen) atoms. The van der Waals surface area contributed by atoms with Gasteiger partial charge in [-0.2, -0.15) is 5.10 Å². The Morgan fingerprint density at radius 3 is 2.43 bits per heavy atom. The fourth-order valence-electron chi connectivity index (χ4n) is 2.93. The lowest BCUT2D eigenvalue weighted by Gasteiger charge is -2.05. The van der Waals surface area contributed by atoms with Gasteiger partial charge in [0.1, 0.15) is 5.69 Å². The largest absolute Gasteiger partial charge is 0.352 e. The van der Waals surface area contributed by atoms with Crippen LogP contribution in [0.5, 0.6) is 0 Å². The molecule has 1 heterocycles. The Hall–Kier alpha value is -2.63. The van der Waals surface area contributed by atoms with Crippen molar-refractivity contribution < 1.29 is 4.79 Å². The van der Waals surface area contributed by atoms with Crippen LogP contribution in [0.1, 0.15) is 27.9 Å². The molecule has 0 radical (unpaired) electrons. The number of carbonyl (C=O) groups excluding carboxylic acids is 1. The first-order valence-corrected chi connectivity index (χ1v) is 9.28. The number of aryl methyl sites for hydroxylation is 1. The third-order valence-corrected chi connectivity index (χ3v) is 4.41. The predicted molar refractivity (Wildman–Crippen MR) is 116 cm³/mol. The van der Waals surface area contributed by atoms with Gasteiger partial charge in [-0.05, 0) is 32.5 Å². The lowest BCUT2D eigenvalue weighted by atomic mass is 10.1. The molecule has 0 aliphatic heterocycles. The smallest absolute Gasteiger partial charge is 0.255 e. The van der Waals surface area contributed by atoms with Crippen LogP contribution in [0.25, 0.3) is 11.3 Å². The van der Waals surface area contributed by atoms with E-state index in [-0.39, 0.29) is 18.3 Å². The number of benzene rings is 2. The van der Waals surface area contributed by atoms with Crippen LogP contribution in [0.15, 0.2) is 60.8 Å². The highest BCUT2D eigenvalue weighted by atomic mass is 35.5. The van der Waals surface area contributed by atoms with E-state index in [1.54, 1.807) is 0 Å². The van der Waals surface area contributed by atoms with Crippen LogP contribution in [-0.2, 0) is 6.54 Å². The Kier molecular flexibility index (Phi) is 8.23. The number of hydrogen-bond donors (Lipinski definition) is 2. The molecular weight excluding hydrogens is 372 g/mol. The number of halogens is 1. The van der Waals surface area contributed by atoms with Crippen molar-refractivity contribution >= 4 is 18.3 Å². The Balaban J connectivity index is 0.00000280. The molecule has 2 N–H and O–H groups in total. The third kappa shape index (κ3) is 5.68. The van der Waals surface area contributed by atoms with Crippen LogP contribution in [-0.4, -0.2) is 35.8 Å². The molecule has 0 fully saturated rings. The normalized spacial score (nSPS) is 10.4. The maximum absolute atomic E-state index is 12.7. The van der Waals surface area contributed by atoms with Crippen molar-refractivity contribution in [1.29, 1.82) is 0 Å². The number of hydrogen-bond acceptors (Lipinski definition) is 3. The van der Waals surface area contributed by atoms with E-state index >= 15 is 0 Å². The summed E-state index contributed by atoms with van der Waals surface area (Å²) in [5, 5.41) is 10.8. The van der Waals surface area contributed by atoms with Crippen LogP contribution >= 0.6 is 12.4 Å². The highest BCUT2D eigenvalue weighted by Crippen LogP contribution is 2.23. The highest BCUT2D eigenvalue weighted by molar-refractivity contribution is 5.99. The quantitative estimate of drug-likeness (QED) is 0.569. The van der Waals surface area contributed by atoms with E-state index in [2.05, 4.69) is 22.8 Å². The Bertz CT molecular complexity index is 875. The number of nitrogens with zero attached hydrogens (tertiary/aromatic N) is 2. The maximum atomic E-state index is 12.7. The molecule has 3 rings (SSSR count). The lowest BCUT2D eigenvalue weighted by Crippen LogP contribution is -2.26. The first kappa shape index (κ1) is 21.7. The van der Waals surface area contributed by atoms with E-state index in [0.717, 1.165) is 29.8 Å². The summed E-state index contributed by atoms with van der Waals surface area (Å²) >= 11 is 0. The second kappa shape index (κ2) is 10.6. The molecule has 0 unspecified atom stereocenters. The van der Waals surface area contributed by atoms with Crippen LogP contribution in [0.2, 0.25) is 0 Å². The van der Waals surface area contributed by atoms with Crippen molar-refractivity contribution in [3.8, 4) is 11.3 Å². The summed E-state index contributed by atoms with van der Waals surface area (Å²) in [6.45, 7) is 4.19. The average molecular weight is 399 g/mol. The molecule has 1 amide bonds. The van der Waals surface area contributed by atoms with Crippen LogP contribution in [0.3, 0.4) is 0 Å². The molecule has 0 spiro atoms. The van der Waals surface area contributed by atoms with Gasteiger partial charge in [0.2, 0.25) is 0 Å². The van der Waals surface area contributed by atoms with Gasteiger partial charge in [-0.25, -0.2) is 0 Å². The zero-order chi connectivity index (χ0) is 19.1. The van der Waals surface area contributed by atoms with Crippen LogP contribution in [0, 0.1) is 6.92 Å². The Morgan fingerprint density at radius 2 is 1.75 bits per heavy atom. The van der Waals surface area contributed by atoms with E-state index in [1.165, 1.54) is 5.56 Å². The van der Waals surface area contributed by atoms with Crippen molar-refractivity contribution in [2.45, 2.75) is 19.9 Å². The molecule has 0 saturated carbocycles. The zero-order valence-electron chi connectivity index (χ0n) is 16.3. The van der Waals surface area contributed by atoms with Crippen molar-refractivity contribution in [2.24, 2.45) is 0 Å². The topological polar surface area (TPSA) is 58.9 Å². The van der Waals surface area contributed by atoms with E-state index in [9.17, 15) is 4.79 Å². The van der Waals surface area contributed by atoms with Crippen molar-refractivity contribution in [3.63, 3.8) is 0 Å². The predicted octanol–water partition coefficient (Wildman–Crippen LogP) is 3.67. The molecule has 148 valence electrons. The number of aromatic nitrogens is 2. The minimum atomic E-state index is -0.0824. The summed E-state index contributed by atoms with van der Waals surface area (Å²) in [6.07, 6.45) is 2.73. The number of rotatable bonds is 8. The molecular formula is C22H27ClN4O. The number of nitrogens with one attached hydrogen (secondary N) is 2. The molecule has 2 aromatic carbocycles. The standard InChI is InChI=1S/C22H26N4O.ClH/c1-17-9-11-19(12-10-17)21-20(22(27)24-14-6-13-23-2)16-26(25-21)15-18-7-4-3-5-8-18;/h3-5,7-12,16,23H,6,13-15H2,1-2H3,(H,24,27);1H. The molecule has 1 aromatic heterocycles. The summed E-state index contributed by atoms with van der Waals surface area (Å²) < 4.78 is 1.84. The first-order chi connectivity index (χ1) is 13.2. The molecule has 0 atom stereocenters. The Labute approximate surface area is 172 Å². The summed E-state index contributed by atoms with van der Waals surface area (Å²) in [4.78, 5) is 12.7. The first-order valence-electron chi connectivity index (χ1n) is 9.28. The van der Waals surface area contributed by atoms with Gasteiger partial charge in [-0.3, -0.25) is 9.48 Å². The highest BCUT2D eigenvalue weighted by Gasteiger charge is 2.17. The molecule has 0 saturated heterocycles. The van der Waals surface area contributed by atoms with E-state index in [0.29, 0.717) is 18.7 Å². The summed E-state index contributed by atoms with van der Waals surface area (Å²) in [5.41, 5.74) is 4.61. The molecule has 0 aliphatic rings. The van der Waals surface area contributed by atoms with E-state index in [1.807, 2.05) is 67.3 Å². The van der Waals surface area contributed by atoms with Gasteiger partial charge in [-0.1, -0.05) is 60.2 Å². The van der Waals surface area contributed by atoms with Crippen molar-refractivity contribution in [2.75, 3.05) is 20.1 Å². The van der Waals surface area contributed by atoms with Crippen molar-refractivity contribution in [1.82, 2.24) is 20.4 Å². The van der Waals surface area contributed by atoms with Gasteiger partial charge in [-0.15, -0.1) is 12.4 Å². The SMILES string of the molecule is CNCCCNC(=O)c1cn(Cc2ccccc2)nc1-c1ccc(C)cc1.Cl. The number of carbonyl (C=O) groups is 1. The van der Waals surface area contributed by atoms with Gasteiger partial charge in [0.15, 0.2) is 0 Å². The van der Waals surface area contributed by atoms with E-state index in [4.69, 9.17) is 5.10 Å². The molecule has 0 aliphatic carbocycles. The zero-order valence-corrected chi connectivity index (χ0v) is 17.1. The second-order valence-corrected chi connectivity index (χ2v) is 6.65. The van der Waals surface area contributed by atoms with Gasteiger partial charge in [0, 0.05) is 18.3 Å². The monoisotopic (exact) mass is 398 g/mol. The second-order valence-electron chi connectivity index (χ2n) is 6.65. The fourth-order valence-corrected chi connectivity index (χ4v) is 2.93. The molecule has 0 bridgehead atoms. The Morgan fingerprint density at radius 1 is 1.04 bits per heavy atom. The van der Waals surface area contributed by atoms with Crippen LogP contribution in [0.4, 0.5) is 0 Å². The van der Waals surface area contributed by atoms with Gasteiger partial charge in [0.05, 0.1) is 12.1 Å². The average Bonchev–Trinajstić information content (AvgIpc) is 3.10. The van der Waals surface area contributed by atoms with Crippen LogP contribution < -0.4 is 10.6 Å². The summed E-state index contributed by atoms with van der Waals surface area (Å²) in [7, 11) is 1.91. The lowest BCUT2D eigenvalue weighted by molar-refractivity contribution is 0.0954. The van der Waals surface area contributed by atoms with Gasteiger partial charge in [0.25, 0.3) is 5.91 Å². The van der Waals surface area contributed by atoms with Crippen molar-refractivity contribution in [3.05, 3.63) is 77.5 Å². The fraction of sp³-hybridized carbons (Fsp3) is 0.273. The minimum absolute atomic E-state index is 0.